The number of nitrogens with zero attached hydrogens (tertiary/aromatic N) is 4. The van der Waals surface area contributed by atoms with Crippen LogP contribution in [0.4, 0.5) is 0 Å². The van der Waals surface area contributed by atoms with Crippen molar-refractivity contribution in [3.8, 4) is 0 Å². The standard InChI is InChI=1S/C16H24N4O3/c1-18-8-4-13(17-18)14(21)20-9-6-16(12-20)5-3-7-19(15(16)22)10-11-23-2/h4,8H,3,5-7,9-12H2,1-2H3/t16-/m1/s1. The van der Waals surface area contributed by atoms with E-state index in [-0.39, 0.29) is 11.8 Å². The van der Waals surface area contributed by atoms with Gasteiger partial charge in [-0.3, -0.25) is 14.3 Å². The molecule has 3 heterocycles. The van der Waals surface area contributed by atoms with E-state index in [1.54, 1.807) is 36.0 Å². The summed E-state index contributed by atoms with van der Waals surface area (Å²) in [7, 11) is 3.44. The molecule has 1 spiro atoms. The molecule has 0 radical (unpaired) electrons. The number of ether oxygens (including phenoxy) is 1. The molecule has 1 aromatic heterocycles. The van der Waals surface area contributed by atoms with E-state index in [0.29, 0.717) is 31.9 Å². The average molecular weight is 320 g/mol. The van der Waals surface area contributed by atoms with Crippen LogP contribution in [0.5, 0.6) is 0 Å². The van der Waals surface area contributed by atoms with Gasteiger partial charge in [-0.1, -0.05) is 0 Å². The van der Waals surface area contributed by atoms with E-state index in [4.69, 9.17) is 4.74 Å². The topological polar surface area (TPSA) is 67.7 Å². The van der Waals surface area contributed by atoms with Crippen molar-refractivity contribution >= 4 is 11.8 Å². The summed E-state index contributed by atoms with van der Waals surface area (Å²) < 4.78 is 6.72. The van der Waals surface area contributed by atoms with Gasteiger partial charge in [-0.2, -0.15) is 5.10 Å². The molecule has 0 N–H and O–H groups in total. The highest BCUT2D eigenvalue weighted by Crippen LogP contribution is 2.40. The minimum absolute atomic E-state index is 0.0794. The third-order valence-electron chi connectivity index (χ3n) is 4.96. The van der Waals surface area contributed by atoms with Gasteiger partial charge >= 0.3 is 0 Å². The van der Waals surface area contributed by atoms with Gasteiger partial charge in [0.15, 0.2) is 0 Å². The predicted octanol–water partition coefficient (Wildman–Crippen LogP) is 0.521. The molecule has 3 rings (SSSR count). The number of amides is 2. The van der Waals surface area contributed by atoms with Crippen molar-refractivity contribution < 1.29 is 14.3 Å². The molecule has 1 atom stereocenters. The van der Waals surface area contributed by atoms with E-state index in [9.17, 15) is 9.59 Å². The minimum atomic E-state index is -0.406. The Morgan fingerprint density at radius 2 is 2.22 bits per heavy atom. The Kier molecular flexibility index (Phi) is 4.39. The highest BCUT2D eigenvalue weighted by atomic mass is 16.5. The second-order valence-electron chi connectivity index (χ2n) is 6.52. The van der Waals surface area contributed by atoms with Crippen LogP contribution in [0, 0.1) is 5.41 Å². The number of methoxy groups -OCH3 is 1. The molecular weight excluding hydrogens is 296 g/mol. The molecule has 2 saturated heterocycles. The predicted molar refractivity (Wildman–Crippen MR) is 83.9 cm³/mol. The van der Waals surface area contributed by atoms with Crippen molar-refractivity contribution in [2.45, 2.75) is 19.3 Å². The van der Waals surface area contributed by atoms with Crippen LogP contribution in [0.3, 0.4) is 0 Å². The van der Waals surface area contributed by atoms with Gasteiger partial charge in [-0.05, 0) is 25.3 Å². The van der Waals surface area contributed by atoms with Crippen LogP contribution in [-0.4, -0.2) is 71.3 Å². The Balaban J connectivity index is 1.70. The highest BCUT2D eigenvalue weighted by molar-refractivity contribution is 5.93. The quantitative estimate of drug-likeness (QED) is 0.811. The number of carbonyl (C=O) groups excluding carboxylic acids is 2. The summed E-state index contributed by atoms with van der Waals surface area (Å²) in [6.45, 7) is 3.10. The molecule has 2 aliphatic heterocycles. The van der Waals surface area contributed by atoms with Crippen LogP contribution in [0.25, 0.3) is 0 Å². The Morgan fingerprint density at radius 3 is 2.91 bits per heavy atom. The fourth-order valence-electron chi connectivity index (χ4n) is 3.68. The largest absolute Gasteiger partial charge is 0.383 e. The molecule has 2 amide bonds. The summed E-state index contributed by atoms with van der Waals surface area (Å²) >= 11 is 0. The Labute approximate surface area is 136 Å². The van der Waals surface area contributed by atoms with Crippen molar-refractivity contribution in [1.82, 2.24) is 19.6 Å². The third kappa shape index (κ3) is 2.97. The summed E-state index contributed by atoms with van der Waals surface area (Å²) in [6, 6.07) is 1.72. The number of carbonyl (C=O) groups is 2. The number of piperidine rings is 1. The summed E-state index contributed by atoms with van der Waals surface area (Å²) in [5.41, 5.74) is 0.0419. The van der Waals surface area contributed by atoms with E-state index in [1.165, 1.54) is 0 Å². The minimum Gasteiger partial charge on any atom is -0.383 e. The van der Waals surface area contributed by atoms with Gasteiger partial charge in [-0.25, -0.2) is 0 Å². The first-order valence-corrected chi connectivity index (χ1v) is 8.13. The van der Waals surface area contributed by atoms with Gasteiger partial charge in [0.2, 0.25) is 5.91 Å². The van der Waals surface area contributed by atoms with Gasteiger partial charge in [0, 0.05) is 46.5 Å². The lowest BCUT2D eigenvalue weighted by Crippen LogP contribution is -2.51. The smallest absolute Gasteiger partial charge is 0.274 e. The zero-order valence-electron chi connectivity index (χ0n) is 13.8. The molecule has 126 valence electrons. The Morgan fingerprint density at radius 1 is 1.39 bits per heavy atom. The lowest BCUT2D eigenvalue weighted by atomic mass is 9.78. The molecule has 0 saturated carbocycles. The van der Waals surface area contributed by atoms with E-state index in [0.717, 1.165) is 25.8 Å². The highest BCUT2D eigenvalue weighted by Gasteiger charge is 2.49. The zero-order valence-corrected chi connectivity index (χ0v) is 13.8. The molecule has 7 nitrogen and oxygen atoms in total. The molecule has 2 fully saturated rings. The molecule has 23 heavy (non-hydrogen) atoms. The second-order valence-corrected chi connectivity index (χ2v) is 6.52. The maximum Gasteiger partial charge on any atom is 0.274 e. The third-order valence-corrected chi connectivity index (χ3v) is 4.96. The number of likely N-dealkylation sites (tertiary alicyclic amines) is 2. The van der Waals surface area contributed by atoms with Gasteiger partial charge in [0.1, 0.15) is 5.69 Å². The van der Waals surface area contributed by atoms with Crippen molar-refractivity contribution in [2.75, 3.05) is 39.9 Å². The van der Waals surface area contributed by atoms with E-state index < -0.39 is 5.41 Å². The molecule has 2 aliphatic rings. The van der Waals surface area contributed by atoms with Crippen LogP contribution < -0.4 is 0 Å². The first-order valence-electron chi connectivity index (χ1n) is 8.13. The molecule has 0 bridgehead atoms. The van der Waals surface area contributed by atoms with E-state index in [2.05, 4.69) is 5.10 Å². The van der Waals surface area contributed by atoms with Gasteiger partial charge in [0.25, 0.3) is 5.91 Å². The molecule has 0 aromatic carbocycles. The second kappa shape index (κ2) is 6.31. The molecule has 1 aromatic rings. The van der Waals surface area contributed by atoms with Crippen molar-refractivity contribution in [1.29, 1.82) is 0 Å². The van der Waals surface area contributed by atoms with E-state index in [1.807, 2.05) is 4.90 Å². The maximum absolute atomic E-state index is 12.9. The van der Waals surface area contributed by atoms with E-state index >= 15 is 0 Å². The first-order chi connectivity index (χ1) is 11.1. The fourth-order valence-corrected chi connectivity index (χ4v) is 3.68. The molecular formula is C16H24N4O3. The SMILES string of the molecule is COCCN1CCC[C@]2(CCN(C(=O)c3ccn(C)n3)C2)C1=O. The first kappa shape index (κ1) is 16.0. The Hall–Kier alpha value is -1.89. The number of hydrogen-bond donors (Lipinski definition) is 0. The zero-order chi connectivity index (χ0) is 16.4. The lowest BCUT2D eigenvalue weighted by molar-refractivity contribution is -0.146. The number of hydrogen-bond acceptors (Lipinski definition) is 4. The van der Waals surface area contributed by atoms with Gasteiger partial charge in [-0.15, -0.1) is 0 Å². The molecule has 0 unspecified atom stereocenters. The summed E-state index contributed by atoms with van der Waals surface area (Å²) in [4.78, 5) is 29.1. The fraction of sp³-hybridized carbons (Fsp3) is 0.688. The summed E-state index contributed by atoms with van der Waals surface area (Å²) in [5, 5.41) is 4.18. The van der Waals surface area contributed by atoms with Crippen molar-refractivity contribution in [2.24, 2.45) is 12.5 Å². The van der Waals surface area contributed by atoms with Crippen LogP contribution in [0.2, 0.25) is 0 Å². The van der Waals surface area contributed by atoms with Crippen LogP contribution >= 0.6 is 0 Å². The maximum atomic E-state index is 12.9. The van der Waals surface area contributed by atoms with Crippen molar-refractivity contribution in [3.05, 3.63) is 18.0 Å². The van der Waals surface area contributed by atoms with Crippen LogP contribution in [0.1, 0.15) is 29.8 Å². The normalized spacial score (nSPS) is 24.7. The van der Waals surface area contributed by atoms with Crippen LogP contribution in [0.15, 0.2) is 12.3 Å². The number of rotatable bonds is 4. The van der Waals surface area contributed by atoms with Crippen LogP contribution in [-0.2, 0) is 16.6 Å². The Bertz CT molecular complexity index is 600. The average Bonchev–Trinajstić information content (AvgIpc) is 3.16. The monoisotopic (exact) mass is 320 g/mol. The summed E-state index contributed by atoms with van der Waals surface area (Å²) in [6.07, 6.45) is 4.35. The van der Waals surface area contributed by atoms with Gasteiger partial charge < -0.3 is 14.5 Å². The number of aryl methyl sites for hydroxylation is 1. The van der Waals surface area contributed by atoms with Gasteiger partial charge in [0.05, 0.1) is 12.0 Å². The number of aromatic nitrogens is 2. The molecule has 0 aliphatic carbocycles. The molecule has 7 heteroatoms. The summed E-state index contributed by atoms with van der Waals surface area (Å²) in [5.74, 6) is 0.0985. The lowest BCUT2D eigenvalue weighted by Gasteiger charge is -2.39. The van der Waals surface area contributed by atoms with Crippen molar-refractivity contribution in [3.63, 3.8) is 0 Å².